The van der Waals surface area contributed by atoms with Crippen molar-refractivity contribution in [1.82, 2.24) is 14.8 Å². The number of fused-ring (bicyclic) bond motifs is 1. The Morgan fingerprint density at radius 3 is 2.52 bits per heavy atom. The highest BCUT2D eigenvalue weighted by Gasteiger charge is 2.16. The fourth-order valence-corrected chi connectivity index (χ4v) is 3.49. The van der Waals surface area contributed by atoms with Crippen LogP contribution in [0.3, 0.4) is 0 Å². The lowest BCUT2D eigenvalue weighted by Gasteiger charge is -2.11. The van der Waals surface area contributed by atoms with Crippen molar-refractivity contribution >= 4 is 22.6 Å². The van der Waals surface area contributed by atoms with Crippen LogP contribution < -0.4 is 10.1 Å². The monoisotopic (exact) mass is 366 g/mol. The maximum Gasteiger partial charge on any atom is 0.224 e. The Hall–Kier alpha value is -2.89. The molecule has 0 saturated carbocycles. The molecule has 0 spiro atoms. The first-order chi connectivity index (χ1) is 12.9. The molecule has 2 aromatic heterocycles. The molecule has 6 nitrogen and oxygen atoms in total. The molecule has 0 unspecified atom stereocenters. The van der Waals surface area contributed by atoms with E-state index < -0.39 is 0 Å². The van der Waals surface area contributed by atoms with Crippen LogP contribution in [0.15, 0.2) is 24.3 Å². The summed E-state index contributed by atoms with van der Waals surface area (Å²) in [6.07, 6.45) is 1.05. The number of nitrogens with zero attached hydrogens (tertiary/aromatic N) is 3. The van der Waals surface area contributed by atoms with Crippen LogP contribution in [0.25, 0.3) is 11.0 Å². The summed E-state index contributed by atoms with van der Waals surface area (Å²) in [5.74, 6) is 0.786. The van der Waals surface area contributed by atoms with E-state index in [0.29, 0.717) is 19.4 Å². The maximum absolute atomic E-state index is 12.4. The summed E-state index contributed by atoms with van der Waals surface area (Å²) in [5, 5.41) is 8.50. The van der Waals surface area contributed by atoms with Crippen LogP contribution in [0, 0.1) is 20.8 Å². The van der Waals surface area contributed by atoms with Crippen LogP contribution >= 0.6 is 0 Å². The number of hydrogen-bond donors (Lipinski definition) is 1. The highest BCUT2D eigenvalue weighted by molar-refractivity contribution is 5.91. The smallest absolute Gasteiger partial charge is 0.224 e. The summed E-state index contributed by atoms with van der Waals surface area (Å²) < 4.78 is 7.23. The number of anilines is 1. The molecule has 0 atom stereocenters. The predicted octanol–water partition coefficient (Wildman–Crippen LogP) is 3.86. The van der Waals surface area contributed by atoms with Crippen LogP contribution in [-0.2, 0) is 18.3 Å². The molecule has 142 valence electrons. The molecule has 0 bridgehead atoms. The third-order valence-corrected chi connectivity index (χ3v) is 4.78. The van der Waals surface area contributed by atoms with E-state index in [-0.39, 0.29) is 5.91 Å². The molecule has 6 heteroatoms. The van der Waals surface area contributed by atoms with Gasteiger partial charge < -0.3 is 10.1 Å². The molecule has 0 aliphatic carbocycles. The second kappa shape index (κ2) is 7.78. The van der Waals surface area contributed by atoms with Crippen molar-refractivity contribution in [2.45, 2.75) is 40.5 Å². The number of pyridine rings is 1. The SMILES string of the molecule is CCOc1ccc(NC(=O)CCc2c(C)nc3c(c(C)nn3C)c2C)cc1. The lowest BCUT2D eigenvalue weighted by Crippen LogP contribution is -2.13. The van der Waals surface area contributed by atoms with Gasteiger partial charge in [-0.05, 0) is 69.5 Å². The summed E-state index contributed by atoms with van der Waals surface area (Å²) in [7, 11) is 1.91. The Morgan fingerprint density at radius 1 is 1.15 bits per heavy atom. The van der Waals surface area contributed by atoms with Crippen LogP contribution in [0.5, 0.6) is 5.75 Å². The van der Waals surface area contributed by atoms with Gasteiger partial charge in [0.25, 0.3) is 0 Å². The minimum atomic E-state index is -0.0130. The van der Waals surface area contributed by atoms with Gasteiger partial charge in [0.2, 0.25) is 5.91 Å². The third-order valence-electron chi connectivity index (χ3n) is 4.78. The van der Waals surface area contributed by atoms with E-state index in [0.717, 1.165) is 45.0 Å². The first kappa shape index (κ1) is 18.9. The summed E-state index contributed by atoms with van der Waals surface area (Å²) in [4.78, 5) is 17.1. The molecule has 0 aliphatic rings. The fraction of sp³-hybridized carbons (Fsp3) is 0.381. The highest BCUT2D eigenvalue weighted by atomic mass is 16.5. The lowest BCUT2D eigenvalue weighted by atomic mass is 9.99. The van der Waals surface area contributed by atoms with Crippen molar-refractivity contribution < 1.29 is 9.53 Å². The minimum absolute atomic E-state index is 0.0130. The van der Waals surface area contributed by atoms with Crippen molar-refractivity contribution in [2.75, 3.05) is 11.9 Å². The average Bonchev–Trinajstić information content (AvgIpc) is 2.90. The van der Waals surface area contributed by atoms with Crippen LogP contribution in [0.4, 0.5) is 5.69 Å². The topological polar surface area (TPSA) is 69.0 Å². The highest BCUT2D eigenvalue weighted by Crippen LogP contribution is 2.26. The Kier molecular flexibility index (Phi) is 5.44. The van der Waals surface area contributed by atoms with Gasteiger partial charge in [0.15, 0.2) is 5.65 Å². The predicted molar refractivity (Wildman–Crippen MR) is 107 cm³/mol. The molecule has 1 amide bonds. The van der Waals surface area contributed by atoms with Gasteiger partial charge in [-0.15, -0.1) is 0 Å². The minimum Gasteiger partial charge on any atom is -0.494 e. The Balaban J connectivity index is 1.71. The van der Waals surface area contributed by atoms with Gasteiger partial charge in [-0.25, -0.2) is 4.98 Å². The summed E-state index contributed by atoms with van der Waals surface area (Å²) in [5.41, 5.74) is 5.88. The molecule has 27 heavy (non-hydrogen) atoms. The van der Waals surface area contributed by atoms with Crippen molar-refractivity contribution in [2.24, 2.45) is 7.05 Å². The van der Waals surface area contributed by atoms with Gasteiger partial charge >= 0.3 is 0 Å². The zero-order valence-corrected chi connectivity index (χ0v) is 16.6. The zero-order chi connectivity index (χ0) is 19.6. The molecule has 3 aromatic rings. The molecule has 2 heterocycles. The number of amides is 1. The van der Waals surface area contributed by atoms with E-state index in [1.165, 1.54) is 0 Å². The van der Waals surface area contributed by atoms with Gasteiger partial charge in [0.05, 0.1) is 12.3 Å². The molecular formula is C21H26N4O2. The van der Waals surface area contributed by atoms with Crippen LogP contribution in [-0.4, -0.2) is 27.3 Å². The summed E-state index contributed by atoms with van der Waals surface area (Å²) >= 11 is 0. The van der Waals surface area contributed by atoms with Gasteiger partial charge in [0, 0.05) is 30.2 Å². The molecule has 1 N–H and O–H groups in total. The van der Waals surface area contributed by atoms with Gasteiger partial charge in [-0.1, -0.05) is 0 Å². The van der Waals surface area contributed by atoms with E-state index in [2.05, 4.69) is 17.3 Å². The Bertz CT molecular complexity index is 974. The molecule has 0 aliphatic heterocycles. The third kappa shape index (κ3) is 3.94. The van der Waals surface area contributed by atoms with Gasteiger partial charge in [-0.3, -0.25) is 9.48 Å². The van der Waals surface area contributed by atoms with Crippen molar-refractivity contribution in [1.29, 1.82) is 0 Å². The zero-order valence-electron chi connectivity index (χ0n) is 16.6. The van der Waals surface area contributed by atoms with Crippen molar-refractivity contribution in [3.63, 3.8) is 0 Å². The Morgan fingerprint density at radius 2 is 1.85 bits per heavy atom. The number of rotatable bonds is 6. The summed E-state index contributed by atoms with van der Waals surface area (Å²) in [6, 6.07) is 7.42. The Labute approximate surface area is 159 Å². The van der Waals surface area contributed by atoms with Crippen molar-refractivity contribution in [3.8, 4) is 5.75 Å². The summed E-state index contributed by atoms with van der Waals surface area (Å²) in [6.45, 7) is 8.65. The van der Waals surface area contributed by atoms with E-state index in [4.69, 9.17) is 9.72 Å². The number of hydrogen-bond acceptors (Lipinski definition) is 4. The average molecular weight is 366 g/mol. The quantitative estimate of drug-likeness (QED) is 0.719. The lowest BCUT2D eigenvalue weighted by molar-refractivity contribution is -0.116. The first-order valence-corrected chi connectivity index (χ1v) is 9.22. The second-order valence-electron chi connectivity index (χ2n) is 6.71. The maximum atomic E-state index is 12.4. The molecule has 3 rings (SSSR count). The molecule has 1 aromatic carbocycles. The largest absolute Gasteiger partial charge is 0.494 e. The van der Waals surface area contributed by atoms with Crippen LogP contribution in [0.2, 0.25) is 0 Å². The molecular weight excluding hydrogens is 340 g/mol. The molecule has 0 saturated heterocycles. The van der Waals surface area contributed by atoms with Gasteiger partial charge in [-0.2, -0.15) is 5.10 Å². The van der Waals surface area contributed by atoms with Crippen molar-refractivity contribution in [3.05, 3.63) is 46.8 Å². The first-order valence-electron chi connectivity index (χ1n) is 9.22. The van der Waals surface area contributed by atoms with Gasteiger partial charge in [0.1, 0.15) is 5.75 Å². The second-order valence-corrected chi connectivity index (χ2v) is 6.71. The number of carbonyl (C=O) groups is 1. The van der Waals surface area contributed by atoms with Crippen LogP contribution in [0.1, 0.15) is 35.9 Å². The van der Waals surface area contributed by atoms with E-state index in [9.17, 15) is 4.79 Å². The molecule has 0 fully saturated rings. The van der Waals surface area contributed by atoms with E-state index >= 15 is 0 Å². The standard InChI is InChI=1S/C21H26N4O2/c1-6-27-17-9-7-16(8-10-17)23-19(26)12-11-18-13(2)20-15(4)24-25(5)21(20)22-14(18)3/h7-10H,6,11-12H2,1-5H3,(H,23,26). The normalized spacial score (nSPS) is 11.0. The number of ether oxygens (including phenoxy) is 1. The van der Waals surface area contributed by atoms with E-state index in [1.54, 1.807) is 0 Å². The number of aryl methyl sites for hydroxylation is 4. The number of nitrogens with one attached hydrogen (secondary N) is 1. The number of aromatic nitrogens is 3. The fourth-order valence-electron chi connectivity index (χ4n) is 3.49. The number of carbonyl (C=O) groups excluding carboxylic acids is 1. The van der Waals surface area contributed by atoms with E-state index in [1.807, 2.05) is 56.8 Å². The molecule has 0 radical (unpaired) electrons. The number of benzene rings is 1.